The maximum absolute atomic E-state index is 14.4. The van der Waals surface area contributed by atoms with Crippen molar-refractivity contribution in [3.63, 3.8) is 0 Å². The number of rotatable bonds is 5. The van der Waals surface area contributed by atoms with E-state index in [1.807, 2.05) is 0 Å². The number of primary amides is 1. The molecule has 28 heavy (non-hydrogen) atoms. The van der Waals surface area contributed by atoms with E-state index in [0.29, 0.717) is 22.2 Å². The number of amides is 2. The first kappa shape index (κ1) is 18.2. The molecule has 4 rings (SSSR count). The zero-order valence-electron chi connectivity index (χ0n) is 14.7. The van der Waals surface area contributed by atoms with Crippen molar-refractivity contribution >= 4 is 40.4 Å². The van der Waals surface area contributed by atoms with Gasteiger partial charge in [0.2, 0.25) is 5.91 Å². The summed E-state index contributed by atoms with van der Waals surface area (Å²) in [6.07, 6.45) is 4.71. The molecule has 1 aliphatic carbocycles. The van der Waals surface area contributed by atoms with Crippen LogP contribution in [0.5, 0.6) is 0 Å². The highest BCUT2D eigenvalue weighted by atomic mass is 32.1. The molecule has 6 nitrogen and oxygen atoms in total. The Bertz CT molecular complexity index is 1130. The Balaban J connectivity index is 1.71. The van der Waals surface area contributed by atoms with Crippen LogP contribution < -0.4 is 11.1 Å². The van der Waals surface area contributed by atoms with Gasteiger partial charge < -0.3 is 11.1 Å². The van der Waals surface area contributed by atoms with Crippen molar-refractivity contribution in [1.29, 1.82) is 0 Å². The number of nitrogens with two attached hydrogens (primary N) is 1. The Kier molecular flexibility index (Phi) is 4.64. The Labute approximate surface area is 165 Å². The maximum atomic E-state index is 14.4. The van der Waals surface area contributed by atoms with Crippen LogP contribution in [0.25, 0.3) is 27.1 Å². The third-order valence-electron chi connectivity index (χ3n) is 4.51. The van der Waals surface area contributed by atoms with E-state index in [2.05, 4.69) is 23.0 Å². The number of carbonyl (C=O) groups is 2. The topological polar surface area (TPSA) is 90.0 Å². The molecule has 3 N–H and O–H groups in total. The summed E-state index contributed by atoms with van der Waals surface area (Å²) < 4.78 is 15.9. The minimum Gasteiger partial charge on any atom is -0.366 e. The highest BCUT2D eigenvalue weighted by molar-refractivity contribution is 7.90. The fourth-order valence-electron chi connectivity index (χ4n) is 2.96. The van der Waals surface area contributed by atoms with Crippen LogP contribution >= 0.6 is 12.6 Å². The minimum atomic E-state index is -0.631. The first-order valence-corrected chi connectivity index (χ1v) is 9.16. The van der Waals surface area contributed by atoms with Gasteiger partial charge in [0, 0.05) is 28.6 Å². The lowest BCUT2D eigenvalue weighted by atomic mass is 10.0. The maximum Gasteiger partial charge on any atom is 0.251 e. The van der Waals surface area contributed by atoms with Gasteiger partial charge in [0.25, 0.3) is 5.91 Å². The Hall–Kier alpha value is -3.13. The molecule has 2 amide bonds. The first-order valence-electron chi connectivity index (χ1n) is 8.71. The fraction of sp³-hybridized carbons (Fsp3) is 0.150. The molecule has 1 fully saturated rings. The van der Waals surface area contributed by atoms with E-state index in [1.54, 1.807) is 30.5 Å². The monoisotopic (exact) mass is 396 g/mol. The molecule has 1 saturated carbocycles. The van der Waals surface area contributed by atoms with Crippen molar-refractivity contribution in [2.24, 2.45) is 5.73 Å². The molecule has 1 heterocycles. The molecule has 1 aromatic heterocycles. The van der Waals surface area contributed by atoms with Crippen LogP contribution in [0.1, 0.15) is 23.2 Å². The summed E-state index contributed by atoms with van der Waals surface area (Å²) in [5, 5.41) is 8.11. The van der Waals surface area contributed by atoms with Crippen LogP contribution in [-0.2, 0) is 4.79 Å². The summed E-state index contributed by atoms with van der Waals surface area (Å²) in [6, 6.07) is 9.81. The number of nitrogens with one attached hydrogen (secondary N) is 1. The molecule has 8 heteroatoms. The van der Waals surface area contributed by atoms with Gasteiger partial charge in [-0.1, -0.05) is 6.07 Å². The number of benzene rings is 2. The number of nitrogens with zero attached hydrogens (tertiary/aromatic N) is 2. The van der Waals surface area contributed by atoms with E-state index in [-0.39, 0.29) is 17.0 Å². The van der Waals surface area contributed by atoms with Crippen LogP contribution in [-0.4, -0.2) is 27.6 Å². The van der Waals surface area contributed by atoms with Crippen molar-refractivity contribution in [1.82, 2.24) is 15.1 Å². The highest BCUT2D eigenvalue weighted by Gasteiger charge is 2.24. The number of carbonyl (C=O) groups excluding carboxylic acids is 2. The standard InChI is InChI=1S/C20H17FN4O2S/c21-16-5-1-12(20(27)24-14-3-4-14)8-15(16)11-2-6-17-13(7-11)10-23-25(17)19(28)9-18(22)26/h1-2,5-10,14,28H,3-4H2,(H2,22,26)(H,24,27)/b19-9-. The van der Waals surface area contributed by atoms with Crippen LogP contribution in [0, 0.1) is 5.82 Å². The van der Waals surface area contributed by atoms with Crippen molar-refractivity contribution in [3.8, 4) is 11.1 Å². The van der Waals surface area contributed by atoms with Gasteiger partial charge in [-0.2, -0.15) is 5.10 Å². The highest BCUT2D eigenvalue weighted by Crippen LogP contribution is 2.29. The number of aromatic nitrogens is 2. The number of hydrogen-bond acceptors (Lipinski definition) is 4. The summed E-state index contributed by atoms with van der Waals surface area (Å²) >= 11 is 4.24. The normalized spacial score (nSPS) is 14.3. The van der Waals surface area contributed by atoms with Crippen LogP contribution in [0.15, 0.2) is 48.7 Å². The second kappa shape index (κ2) is 7.12. The lowest BCUT2D eigenvalue weighted by Gasteiger charge is -2.09. The predicted molar refractivity (Wildman–Crippen MR) is 108 cm³/mol. The average molecular weight is 396 g/mol. The van der Waals surface area contributed by atoms with Gasteiger partial charge in [-0.3, -0.25) is 9.59 Å². The van der Waals surface area contributed by atoms with Gasteiger partial charge in [-0.25, -0.2) is 9.07 Å². The third kappa shape index (κ3) is 3.63. The molecule has 3 aromatic rings. The molecule has 0 atom stereocenters. The van der Waals surface area contributed by atoms with Gasteiger partial charge in [-0.05, 0) is 48.7 Å². The fourth-order valence-corrected chi connectivity index (χ4v) is 3.24. The van der Waals surface area contributed by atoms with Crippen LogP contribution in [0.4, 0.5) is 4.39 Å². The molecule has 142 valence electrons. The van der Waals surface area contributed by atoms with E-state index in [1.165, 1.54) is 16.8 Å². The molecule has 0 aliphatic heterocycles. The largest absolute Gasteiger partial charge is 0.366 e. The Morgan fingerprint density at radius 1 is 1.25 bits per heavy atom. The lowest BCUT2D eigenvalue weighted by molar-refractivity contribution is -0.113. The van der Waals surface area contributed by atoms with Crippen LogP contribution in [0.2, 0.25) is 0 Å². The van der Waals surface area contributed by atoms with Crippen LogP contribution in [0.3, 0.4) is 0 Å². The van der Waals surface area contributed by atoms with Crippen molar-refractivity contribution in [2.45, 2.75) is 18.9 Å². The Morgan fingerprint density at radius 3 is 2.75 bits per heavy atom. The zero-order valence-corrected chi connectivity index (χ0v) is 15.6. The zero-order chi connectivity index (χ0) is 19.8. The van der Waals surface area contributed by atoms with E-state index < -0.39 is 11.7 Å². The molecule has 0 bridgehead atoms. The molecule has 0 unspecified atom stereocenters. The lowest BCUT2D eigenvalue weighted by Crippen LogP contribution is -2.25. The quantitative estimate of drug-likeness (QED) is 0.458. The van der Waals surface area contributed by atoms with Gasteiger partial charge in [-0.15, -0.1) is 12.6 Å². The first-order chi connectivity index (χ1) is 13.4. The summed E-state index contributed by atoms with van der Waals surface area (Å²) in [4.78, 5) is 23.3. The SMILES string of the molecule is NC(=O)/C=C(\S)n1ncc2cc(-c3cc(C(=O)NC4CC4)ccc3F)ccc21. The molecule has 2 aromatic carbocycles. The summed E-state index contributed by atoms with van der Waals surface area (Å²) in [7, 11) is 0. The average Bonchev–Trinajstić information content (AvgIpc) is 3.36. The van der Waals surface area contributed by atoms with E-state index in [9.17, 15) is 14.0 Å². The predicted octanol–water partition coefficient (Wildman–Crippen LogP) is 2.95. The van der Waals surface area contributed by atoms with E-state index in [4.69, 9.17) is 5.73 Å². The van der Waals surface area contributed by atoms with Gasteiger partial charge >= 0.3 is 0 Å². The number of hydrogen-bond donors (Lipinski definition) is 3. The molecule has 0 spiro atoms. The molecule has 0 saturated heterocycles. The minimum absolute atomic E-state index is 0.200. The Morgan fingerprint density at radius 2 is 2.04 bits per heavy atom. The van der Waals surface area contributed by atoms with E-state index >= 15 is 0 Å². The number of thiol groups is 1. The van der Waals surface area contributed by atoms with Gasteiger partial charge in [0.15, 0.2) is 0 Å². The number of fused-ring (bicyclic) bond motifs is 1. The molecule has 1 aliphatic rings. The smallest absolute Gasteiger partial charge is 0.251 e. The number of halogens is 1. The van der Waals surface area contributed by atoms with Crippen molar-refractivity contribution < 1.29 is 14.0 Å². The molecular formula is C20H17FN4O2S. The van der Waals surface area contributed by atoms with Crippen molar-refractivity contribution in [3.05, 3.63) is 60.1 Å². The second-order valence-corrected chi connectivity index (χ2v) is 7.14. The molecular weight excluding hydrogens is 379 g/mol. The van der Waals surface area contributed by atoms with Crippen molar-refractivity contribution in [2.75, 3.05) is 0 Å². The second-order valence-electron chi connectivity index (χ2n) is 6.68. The van der Waals surface area contributed by atoms with Gasteiger partial charge in [0.05, 0.1) is 11.7 Å². The summed E-state index contributed by atoms with van der Waals surface area (Å²) in [5.74, 6) is -1.25. The third-order valence-corrected chi connectivity index (χ3v) is 4.83. The van der Waals surface area contributed by atoms with E-state index in [0.717, 1.165) is 24.3 Å². The van der Waals surface area contributed by atoms with Gasteiger partial charge in [0.1, 0.15) is 10.8 Å². The molecule has 0 radical (unpaired) electrons. The summed E-state index contributed by atoms with van der Waals surface area (Å²) in [6.45, 7) is 0. The summed E-state index contributed by atoms with van der Waals surface area (Å²) in [5.41, 5.74) is 7.21.